The Balaban J connectivity index is 2.08. The molecule has 3 rings (SSSR count). The fraction of sp³-hybridized carbons (Fsp3) is 0.200. The lowest BCUT2D eigenvalue weighted by atomic mass is 10.1. The predicted octanol–water partition coefficient (Wildman–Crippen LogP) is 4.26. The highest BCUT2D eigenvalue weighted by Gasteiger charge is 2.33. The number of nitro groups is 1. The van der Waals surface area contributed by atoms with Crippen molar-refractivity contribution in [2.45, 2.75) is 24.4 Å². The molecule has 1 N–H and O–H groups in total. The van der Waals surface area contributed by atoms with Gasteiger partial charge in [0.1, 0.15) is 12.6 Å². The Labute approximate surface area is 230 Å². The van der Waals surface area contributed by atoms with E-state index in [2.05, 4.69) is 5.32 Å². The van der Waals surface area contributed by atoms with Crippen LogP contribution in [-0.4, -0.2) is 49.7 Å². The maximum absolute atomic E-state index is 13.7. The molecular weight excluding hydrogens is 555 g/mol. The van der Waals surface area contributed by atoms with Crippen LogP contribution in [0.3, 0.4) is 0 Å². The van der Waals surface area contributed by atoms with E-state index in [1.807, 2.05) is 0 Å². The van der Waals surface area contributed by atoms with Gasteiger partial charge in [-0.2, -0.15) is 0 Å². The van der Waals surface area contributed by atoms with Crippen LogP contribution >= 0.6 is 23.2 Å². The monoisotopic (exact) mass is 578 g/mol. The first-order valence-corrected chi connectivity index (χ1v) is 13.4. The third-order valence-electron chi connectivity index (χ3n) is 5.71. The molecule has 200 valence electrons. The normalized spacial score (nSPS) is 11.9. The van der Waals surface area contributed by atoms with E-state index in [0.717, 1.165) is 10.4 Å². The zero-order valence-electron chi connectivity index (χ0n) is 20.4. The summed E-state index contributed by atoms with van der Waals surface area (Å²) in [5, 5.41) is 14.5. The smallest absolute Gasteiger partial charge is 0.271 e. The fourth-order valence-electron chi connectivity index (χ4n) is 3.64. The highest BCUT2D eigenvalue weighted by Crippen LogP contribution is 2.28. The van der Waals surface area contributed by atoms with Gasteiger partial charge >= 0.3 is 0 Å². The number of halogens is 2. The van der Waals surface area contributed by atoms with Crippen LogP contribution in [0.4, 0.5) is 11.4 Å². The second-order valence-corrected chi connectivity index (χ2v) is 10.9. The molecule has 13 heteroatoms. The predicted molar refractivity (Wildman–Crippen MR) is 145 cm³/mol. The van der Waals surface area contributed by atoms with Gasteiger partial charge in [0.2, 0.25) is 11.8 Å². The first kappa shape index (κ1) is 28.9. The molecule has 0 bridgehead atoms. The molecule has 0 heterocycles. The Morgan fingerprint density at radius 1 is 1.03 bits per heavy atom. The largest absolute Gasteiger partial charge is 0.357 e. The Morgan fingerprint density at radius 2 is 1.71 bits per heavy atom. The van der Waals surface area contributed by atoms with Crippen molar-refractivity contribution >= 4 is 56.4 Å². The molecule has 0 saturated heterocycles. The first-order chi connectivity index (χ1) is 17.9. The molecule has 0 radical (unpaired) electrons. The highest BCUT2D eigenvalue weighted by atomic mass is 35.5. The van der Waals surface area contributed by atoms with Gasteiger partial charge < -0.3 is 10.2 Å². The van der Waals surface area contributed by atoms with Crippen molar-refractivity contribution in [3.8, 4) is 0 Å². The maximum atomic E-state index is 13.7. The van der Waals surface area contributed by atoms with Crippen LogP contribution in [-0.2, 0) is 26.2 Å². The van der Waals surface area contributed by atoms with Crippen molar-refractivity contribution < 1.29 is 22.9 Å². The summed E-state index contributed by atoms with van der Waals surface area (Å²) in [7, 11) is -2.94. The van der Waals surface area contributed by atoms with Crippen molar-refractivity contribution in [1.82, 2.24) is 10.2 Å². The number of nitro benzene ring substituents is 1. The quantitative estimate of drug-likeness (QED) is 0.282. The summed E-state index contributed by atoms with van der Waals surface area (Å²) >= 11 is 12.3. The van der Waals surface area contributed by atoms with Gasteiger partial charge in [-0.15, -0.1) is 0 Å². The molecule has 0 aromatic heterocycles. The van der Waals surface area contributed by atoms with E-state index in [0.29, 0.717) is 10.6 Å². The number of carbonyl (C=O) groups is 2. The molecule has 3 aromatic rings. The summed E-state index contributed by atoms with van der Waals surface area (Å²) in [4.78, 5) is 38.0. The van der Waals surface area contributed by atoms with Crippen LogP contribution in [0.5, 0.6) is 0 Å². The number of nitrogens with one attached hydrogen (secondary N) is 1. The lowest BCUT2D eigenvalue weighted by Gasteiger charge is -2.32. The summed E-state index contributed by atoms with van der Waals surface area (Å²) in [6, 6.07) is 16.0. The van der Waals surface area contributed by atoms with Crippen molar-refractivity contribution in [3.63, 3.8) is 0 Å². The zero-order chi connectivity index (χ0) is 28.0. The molecule has 38 heavy (non-hydrogen) atoms. The minimum absolute atomic E-state index is 0.0894. The average molecular weight is 579 g/mol. The number of hydrogen-bond acceptors (Lipinski definition) is 6. The Morgan fingerprint density at radius 3 is 2.32 bits per heavy atom. The molecule has 0 aliphatic heterocycles. The number of non-ortho nitro benzene ring substituents is 1. The third-order valence-corrected chi connectivity index (χ3v) is 8.08. The van der Waals surface area contributed by atoms with Crippen molar-refractivity contribution in [2.24, 2.45) is 0 Å². The molecular formula is C25H24Cl2N4O6S. The summed E-state index contributed by atoms with van der Waals surface area (Å²) < 4.78 is 28.1. The minimum Gasteiger partial charge on any atom is -0.357 e. The van der Waals surface area contributed by atoms with E-state index in [-0.39, 0.29) is 27.8 Å². The zero-order valence-corrected chi connectivity index (χ0v) is 22.7. The van der Waals surface area contributed by atoms with E-state index < -0.39 is 39.3 Å². The number of likely N-dealkylation sites (N-methyl/N-ethyl adjacent to an activating group) is 1. The Kier molecular flexibility index (Phi) is 9.31. The van der Waals surface area contributed by atoms with Gasteiger partial charge in [0.25, 0.3) is 15.7 Å². The number of rotatable bonds is 10. The summed E-state index contributed by atoms with van der Waals surface area (Å²) in [6.45, 7) is 0.618. The lowest BCUT2D eigenvalue weighted by molar-refractivity contribution is -0.384. The van der Waals surface area contributed by atoms with Gasteiger partial charge in [-0.3, -0.25) is 24.0 Å². The number of nitrogens with zero attached hydrogens (tertiary/aromatic N) is 3. The standard InChI is InChI=1S/C25H24Cl2N4O6S/c1-17(25(33)28-2)29(15-18-11-12-19(26)13-23(18)27)24(32)16-30(20-7-6-8-21(14-20)31(34)35)38(36,37)22-9-4-3-5-10-22/h3-14,17H,15-16H2,1-2H3,(H,28,33). The summed E-state index contributed by atoms with van der Waals surface area (Å²) in [5.74, 6) is -1.23. The van der Waals surface area contributed by atoms with Crippen molar-refractivity contribution in [2.75, 3.05) is 17.9 Å². The van der Waals surface area contributed by atoms with Crippen molar-refractivity contribution in [3.05, 3.63) is 98.5 Å². The van der Waals surface area contributed by atoms with E-state index in [9.17, 15) is 28.1 Å². The third kappa shape index (κ3) is 6.60. The molecule has 0 fully saturated rings. The van der Waals surface area contributed by atoms with Gasteiger partial charge in [-0.1, -0.05) is 53.5 Å². The second kappa shape index (κ2) is 12.2. The van der Waals surface area contributed by atoms with Crippen LogP contribution in [0.1, 0.15) is 12.5 Å². The SMILES string of the molecule is CNC(=O)C(C)N(Cc1ccc(Cl)cc1Cl)C(=O)CN(c1cccc([N+](=O)[O-])c1)S(=O)(=O)c1ccccc1. The van der Waals surface area contributed by atoms with E-state index in [1.165, 1.54) is 67.4 Å². The number of sulfonamides is 1. The molecule has 2 amide bonds. The molecule has 0 saturated carbocycles. The second-order valence-electron chi connectivity index (χ2n) is 8.15. The van der Waals surface area contributed by atoms with Crippen LogP contribution < -0.4 is 9.62 Å². The van der Waals surface area contributed by atoms with Gasteiger partial charge in [0.15, 0.2) is 0 Å². The number of hydrogen-bond donors (Lipinski definition) is 1. The minimum atomic E-state index is -4.34. The number of carbonyl (C=O) groups excluding carboxylic acids is 2. The molecule has 10 nitrogen and oxygen atoms in total. The summed E-state index contributed by atoms with van der Waals surface area (Å²) in [6.07, 6.45) is 0. The lowest BCUT2D eigenvalue weighted by Crippen LogP contribution is -2.50. The highest BCUT2D eigenvalue weighted by molar-refractivity contribution is 7.92. The van der Waals surface area contributed by atoms with Crippen LogP contribution in [0.2, 0.25) is 10.0 Å². The molecule has 0 spiro atoms. The first-order valence-electron chi connectivity index (χ1n) is 11.2. The van der Waals surface area contributed by atoms with Crippen LogP contribution in [0.15, 0.2) is 77.7 Å². The molecule has 0 aliphatic rings. The van der Waals surface area contributed by atoms with Gasteiger partial charge in [0.05, 0.1) is 15.5 Å². The maximum Gasteiger partial charge on any atom is 0.271 e. The number of amides is 2. The molecule has 3 aromatic carbocycles. The fourth-order valence-corrected chi connectivity index (χ4v) is 5.53. The molecule has 1 atom stereocenters. The Bertz CT molecular complexity index is 1450. The summed E-state index contributed by atoms with van der Waals surface area (Å²) in [5.41, 5.74) is 0.0354. The van der Waals surface area contributed by atoms with E-state index in [4.69, 9.17) is 23.2 Å². The van der Waals surface area contributed by atoms with Crippen LogP contribution in [0.25, 0.3) is 0 Å². The van der Waals surface area contributed by atoms with E-state index in [1.54, 1.807) is 18.2 Å². The van der Waals surface area contributed by atoms with Crippen LogP contribution in [0, 0.1) is 10.1 Å². The Hall–Kier alpha value is -3.67. The van der Waals surface area contributed by atoms with E-state index >= 15 is 0 Å². The van der Waals surface area contributed by atoms with Gasteiger partial charge in [-0.25, -0.2) is 8.42 Å². The van der Waals surface area contributed by atoms with Gasteiger partial charge in [0, 0.05) is 35.8 Å². The van der Waals surface area contributed by atoms with Crippen molar-refractivity contribution in [1.29, 1.82) is 0 Å². The molecule has 0 aliphatic carbocycles. The van der Waals surface area contributed by atoms with Gasteiger partial charge in [-0.05, 0) is 42.8 Å². The number of benzene rings is 3. The average Bonchev–Trinajstić information content (AvgIpc) is 2.90. The number of anilines is 1. The molecule has 1 unspecified atom stereocenters. The topological polar surface area (TPSA) is 130 Å².